The summed E-state index contributed by atoms with van der Waals surface area (Å²) in [6.07, 6.45) is 1.97. The Hall–Kier alpha value is -1.29. The predicted octanol–water partition coefficient (Wildman–Crippen LogP) is 3.27. The zero-order valence-electron chi connectivity index (χ0n) is 8.75. The standard InChI is InChI=1S/C13H15N/c1-12(2)8-13(9-12,10-14)11-6-4-3-5-7-11/h3-7H,8-9H2,1-2H3. The van der Waals surface area contributed by atoms with Crippen LogP contribution in [-0.2, 0) is 5.41 Å². The van der Waals surface area contributed by atoms with E-state index < -0.39 is 0 Å². The number of hydrogen-bond acceptors (Lipinski definition) is 1. The zero-order valence-corrected chi connectivity index (χ0v) is 8.75. The zero-order chi connectivity index (χ0) is 10.2. The Labute approximate surface area is 85.4 Å². The first-order valence-corrected chi connectivity index (χ1v) is 5.05. The van der Waals surface area contributed by atoms with E-state index in [1.165, 1.54) is 5.56 Å². The first-order valence-electron chi connectivity index (χ1n) is 5.05. The highest BCUT2D eigenvalue weighted by atomic mass is 14.5. The van der Waals surface area contributed by atoms with Gasteiger partial charge in [0.2, 0.25) is 0 Å². The second-order valence-corrected chi connectivity index (χ2v) is 5.08. The Kier molecular flexibility index (Phi) is 1.89. The number of hydrogen-bond donors (Lipinski definition) is 0. The van der Waals surface area contributed by atoms with Gasteiger partial charge >= 0.3 is 0 Å². The van der Waals surface area contributed by atoms with Gasteiger partial charge in [0.05, 0.1) is 11.5 Å². The highest BCUT2D eigenvalue weighted by molar-refractivity contribution is 5.37. The summed E-state index contributed by atoms with van der Waals surface area (Å²) in [7, 11) is 0. The lowest BCUT2D eigenvalue weighted by Gasteiger charge is -2.49. The molecule has 1 aromatic carbocycles. The van der Waals surface area contributed by atoms with Gasteiger partial charge in [-0.15, -0.1) is 0 Å². The molecule has 0 aromatic heterocycles. The third kappa shape index (κ3) is 1.32. The van der Waals surface area contributed by atoms with Crippen molar-refractivity contribution in [3.8, 4) is 6.07 Å². The number of rotatable bonds is 1. The summed E-state index contributed by atoms with van der Waals surface area (Å²) in [6, 6.07) is 12.6. The summed E-state index contributed by atoms with van der Waals surface area (Å²) in [6.45, 7) is 4.46. The summed E-state index contributed by atoms with van der Waals surface area (Å²) in [5.41, 5.74) is 1.32. The Morgan fingerprint density at radius 3 is 2.14 bits per heavy atom. The monoisotopic (exact) mass is 185 g/mol. The third-order valence-electron chi connectivity index (χ3n) is 3.10. The van der Waals surface area contributed by atoms with Crippen LogP contribution in [0, 0.1) is 16.7 Å². The van der Waals surface area contributed by atoms with Crippen LogP contribution < -0.4 is 0 Å². The van der Waals surface area contributed by atoms with Crippen molar-refractivity contribution in [1.82, 2.24) is 0 Å². The molecular weight excluding hydrogens is 170 g/mol. The van der Waals surface area contributed by atoms with Crippen molar-refractivity contribution in [2.24, 2.45) is 5.41 Å². The van der Waals surface area contributed by atoms with Crippen LogP contribution in [0.5, 0.6) is 0 Å². The van der Waals surface area contributed by atoms with Crippen molar-refractivity contribution >= 4 is 0 Å². The molecule has 1 nitrogen and oxygen atoms in total. The van der Waals surface area contributed by atoms with E-state index in [-0.39, 0.29) is 5.41 Å². The minimum atomic E-state index is -0.204. The minimum Gasteiger partial charge on any atom is -0.197 e. The normalized spacial score (nSPS) is 22.1. The van der Waals surface area contributed by atoms with Gasteiger partial charge in [0.25, 0.3) is 0 Å². The van der Waals surface area contributed by atoms with Gasteiger partial charge in [0, 0.05) is 0 Å². The van der Waals surface area contributed by atoms with E-state index in [0.717, 1.165) is 12.8 Å². The molecule has 2 rings (SSSR count). The molecule has 0 bridgehead atoms. The second kappa shape index (κ2) is 2.85. The van der Waals surface area contributed by atoms with E-state index in [4.69, 9.17) is 0 Å². The van der Waals surface area contributed by atoms with E-state index in [2.05, 4.69) is 32.0 Å². The molecule has 1 aromatic rings. The molecule has 0 radical (unpaired) electrons. The number of nitriles is 1. The molecule has 0 amide bonds. The summed E-state index contributed by atoms with van der Waals surface area (Å²) in [4.78, 5) is 0. The molecule has 0 aliphatic heterocycles. The summed E-state index contributed by atoms with van der Waals surface area (Å²) < 4.78 is 0. The van der Waals surface area contributed by atoms with Crippen LogP contribution in [0.4, 0.5) is 0 Å². The van der Waals surface area contributed by atoms with Gasteiger partial charge < -0.3 is 0 Å². The summed E-state index contributed by atoms with van der Waals surface area (Å²) in [5.74, 6) is 0. The van der Waals surface area contributed by atoms with Crippen molar-refractivity contribution < 1.29 is 0 Å². The quantitative estimate of drug-likeness (QED) is 0.658. The lowest BCUT2D eigenvalue weighted by Crippen LogP contribution is -2.45. The third-order valence-corrected chi connectivity index (χ3v) is 3.10. The van der Waals surface area contributed by atoms with Gasteiger partial charge in [-0.25, -0.2) is 0 Å². The number of nitrogens with zero attached hydrogens (tertiary/aromatic N) is 1. The molecule has 14 heavy (non-hydrogen) atoms. The largest absolute Gasteiger partial charge is 0.197 e. The minimum absolute atomic E-state index is 0.204. The van der Waals surface area contributed by atoms with E-state index in [9.17, 15) is 5.26 Å². The van der Waals surface area contributed by atoms with Crippen LogP contribution >= 0.6 is 0 Å². The Morgan fingerprint density at radius 1 is 1.14 bits per heavy atom. The average molecular weight is 185 g/mol. The van der Waals surface area contributed by atoms with Gasteiger partial charge in [0.1, 0.15) is 0 Å². The van der Waals surface area contributed by atoms with Gasteiger partial charge in [-0.2, -0.15) is 5.26 Å². The Balaban J connectivity index is 2.31. The SMILES string of the molecule is CC1(C)CC(C#N)(c2ccccc2)C1. The highest BCUT2D eigenvalue weighted by Gasteiger charge is 2.50. The molecule has 1 fully saturated rings. The van der Waals surface area contributed by atoms with Crippen LogP contribution in [0.3, 0.4) is 0 Å². The number of benzene rings is 1. The summed E-state index contributed by atoms with van der Waals surface area (Å²) >= 11 is 0. The van der Waals surface area contributed by atoms with Crippen LogP contribution in [0.1, 0.15) is 32.3 Å². The fraction of sp³-hybridized carbons (Fsp3) is 0.462. The molecule has 1 heteroatoms. The lowest BCUT2D eigenvalue weighted by molar-refractivity contribution is 0.0999. The molecule has 0 spiro atoms. The van der Waals surface area contributed by atoms with Crippen LogP contribution in [-0.4, -0.2) is 0 Å². The average Bonchev–Trinajstić information content (AvgIpc) is 2.15. The van der Waals surface area contributed by atoms with Gasteiger partial charge in [-0.3, -0.25) is 0 Å². The first-order chi connectivity index (χ1) is 6.58. The maximum absolute atomic E-state index is 9.27. The first kappa shape index (κ1) is 9.27. The van der Waals surface area contributed by atoms with Crippen LogP contribution in [0.2, 0.25) is 0 Å². The van der Waals surface area contributed by atoms with Gasteiger partial charge in [-0.1, -0.05) is 44.2 Å². The van der Waals surface area contributed by atoms with Crippen LogP contribution in [0.15, 0.2) is 30.3 Å². The maximum atomic E-state index is 9.27. The van der Waals surface area contributed by atoms with Gasteiger partial charge in [0.15, 0.2) is 0 Å². The molecule has 1 aliphatic rings. The van der Waals surface area contributed by atoms with Crippen molar-refractivity contribution in [3.05, 3.63) is 35.9 Å². The van der Waals surface area contributed by atoms with Crippen molar-refractivity contribution in [1.29, 1.82) is 5.26 Å². The van der Waals surface area contributed by atoms with Crippen molar-refractivity contribution in [2.75, 3.05) is 0 Å². The lowest BCUT2D eigenvalue weighted by atomic mass is 9.52. The molecule has 0 atom stereocenters. The Bertz CT molecular complexity index is 362. The fourth-order valence-electron chi connectivity index (χ4n) is 2.69. The molecule has 0 heterocycles. The predicted molar refractivity (Wildman–Crippen MR) is 56.7 cm³/mol. The highest BCUT2D eigenvalue weighted by Crippen LogP contribution is 2.54. The second-order valence-electron chi connectivity index (χ2n) is 5.08. The van der Waals surface area contributed by atoms with E-state index in [0.29, 0.717) is 5.41 Å². The summed E-state index contributed by atoms with van der Waals surface area (Å²) in [5, 5.41) is 9.27. The molecule has 0 unspecified atom stereocenters. The molecule has 0 N–H and O–H groups in total. The van der Waals surface area contributed by atoms with E-state index >= 15 is 0 Å². The van der Waals surface area contributed by atoms with Crippen molar-refractivity contribution in [3.63, 3.8) is 0 Å². The molecule has 1 aliphatic carbocycles. The van der Waals surface area contributed by atoms with Crippen LogP contribution in [0.25, 0.3) is 0 Å². The fourth-order valence-corrected chi connectivity index (χ4v) is 2.69. The van der Waals surface area contributed by atoms with E-state index in [1.807, 2.05) is 18.2 Å². The van der Waals surface area contributed by atoms with E-state index in [1.54, 1.807) is 0 Å². The van der Waals surface area contributed by atoms with Gasteiger partial charge in [-0.05, 0) is 23.8 Å². The molecular formula is C13H15N. The smallest absolute Gasteiger partial charge is 0.0832 e. The molecule has 72 valence electrons. The topological polar surface area (TPSA) is 23.8 Å². The molecule has 0 saturated heterocycles. The van der Waals surface area contributed by atoms with Crippen molar-refractivity contribution in [2.45, 2.75) is 32.1 Å². The Morgan fingerprint density at radius 2 is 1.71 bits per heavy atom. The maximum Gasteiger partial charge on any atom is 0.0832 e. The molecule has 1 saturated carbocycles.